The minimum Gasteiger partial charge on any atom is -0.403 e. The highest BCUT2D eigenvalue weighted by atomic mass is 19.1. The van der Waals surface area contributed by atoms with E-state index in [9.17, 15) is 14.0 Å². The predicted molar refractivity (Wildman–Crippen MR) is 140 cm³/mol. The summed E-state index contributed by atoms with van der Waals surface area (Å²) >= 11 is 0. The van der Waals surface area contributed by atoms with Gasteiger partial charge in [-0.3, -0.25) is 14.6 Å². The number of rotatable bonds is 9. The van der Waals surface area contributed by atoms with Gasteiger partial charge in [0.1, 0.15) is 11.6 Å². The van der Waals surface area contributed by atoms with Gasteiger partial charge in [-0.2, -0.15) is 4.98 Å². The molecule has 0 aliphatic carbocycles. The first-order valence-electron chi connectivity index (χ1n) is 10.7. The zero-order valence-corrected chi connectivity index (χ0v) is 19.7. The standard InChI is InChI=1S/C25H25FN8O2/c1-4-22(35)31-17-9-10-20(26)21(11-17)33-23-19(15-5-7-16(8-6-15)24(36)29-3)14-30-25(34-23)32-18(12-27)13-28-2/h4-14H,1,27H2,2-3H3,(H,29,36)(H,31,35)(H2,30,32,33,34)/b18-12+,28-13?. The maximum absolute atomic E-state index is 14.7. The predicted octanol–water partition coefficient (Wildman–Crippen LogP) is 3.42. The van der Waals surface area contributed by atoms with Crippen molar-refractivity contribution in [2.45, 2.75) is 0 Å². The quantitative estimate of drug-likeness (QED) is 0.229. The number of aromatic nitrogens is 2. The Labute approximate surface area is 207 Å². The molecule has 36 heavy (non-hydrogen) atoms. The number of aliphatic imine (C=N–C) groups is 1. The fourth-order valence-corrected chi connectivity index (χ4v) is 3.10. The average molecular weight is 489 g/mol. The number of benzene rings is 2. The molecule has 0 radical (unpaired) electrons. The molecule has 2 amide bonds. The second-order valence-electron chi connectivity index (χ2n) is 7.26. The van der Waals surface area contributed by atoms with Crippen LogP contribution in [0.25, 0.3) is 11.1 Å². The molecule has 0 fully saturated rings. The van der Waals surface area contributed by atoms with Crippen LogP contribution in [0.15, 0.2) is 78.2 Å². The number of anilines is 4. The van der Waals surface area contributed by atoms with Gasteiger partial charge >= 0.3 is 0 Å². The SMILES string of the molecule is C=CC(=O)Nc1ccc(F)c(Nc2nc(N/C(C=NC)=C/N)ncc2-c2ccc(C(=O)NC)cc2)c1. The van der Waals surface area contributed by atoms with E-state index in [4.69, 9.17) is 5.73 Å². The first-order chi connectivity index (χ1) is 17.4. The van der Waals surface area contributed by atoms with Gasteiger partial charge in [0.05, 0.1) is 11.4 Å². The zero-order chi connectivity index (χ0) is 26.1. The molecule has 10 nitrogen and oxygen atoms in total. The van der Waals surface area contributed by atoms with Crippen molar-refractivity contribution in [3.05, 3.63) is 84.6 Å². The Hall–Kier alpha value is -5.06. The van der Waals surface area contributed by atoms with Gasteiger partial charge in [-0.1, -0.05) is 18.7 Å². The van der Waals surface area contributed by atoms with Crippen LogP contribution in [0.3, 0.4) is 0 Å². The molecule has 0 aliphatic rings. The van der Waals surface area contributed by atoms with Crippen LogP contribution in [0.2, 0.25) is 0 Å². The second kappa shape index (κ2) is 11.9. The van der Waals surface area contributed by atoms with Gasteiger partial charge in [0.25, 0.3) is 5.91 Å². The number of amides is 2. The van der Waals surface area contributed by atoms with Crippen molar-refractivity contribution in [3.63, 3.8) is 0 Å². The van der Waals surface area contributed by atoms with Crippen molar-refractivity contribution in [2.75, 3.05) is 30.0 Å². The van der Waals surface area contributed by atoms with Crippen LogP contribution in [-0.4, -0.2) is 42.1 Å². The van der Waals surface area contributed by atoms with Crippen LogP contribution in [-0.2, 0) is 4.79 Å². The molecule has 1 aromatic heterocycles. The maximum Gasteiger partial charge on any atom is 0.251 e. The summed E-state index contributed by atoms with van der Waals surface area (Å²) in [6.45, 7) is 3.41. The molecular formula is C25H25FN8O2. The number of carbonyl (C=O) groups excluding carboxylic acids is 2. The fourth-order valence-electron chi connectivity index (χ4n) is 3.10. The summed E-state index contributed by atoms with van der Waals surface area (Å²) in [6.07, 6.45) is 5.46. The lowest BCUT2D eigenvalue weighted by molar-refractivity contribution is -0.111. The summed E-state index contributed by atoms with van der Waals surface area (Å²) in [5.41, 5.74) is 8.18. The minimum absolute atomic E-state index is 0.0643. The smallest absolute Gasteiger partial charge is 0.251 e. The number of nitrogens with one attached hydrogen (secondary N) is 4. The van der Waals surface area contributed by atoms with Gasteiger partial charge < -0.3 is 27.0 Å². The third-order valence-corrected chi connectivity index (χ3v) is 4.85. The number of hydrogen-bond donors (Lipinski definition) is 5. The molecule has 184 valence electrons. The van der Waals surface area contributed by atoms with E-state index in [0.29, 0.717) is 28.1 Å². The molecule has 6 N–H and O–H groups in total. The number of nitrogens with zero attached hydrogens (tertiary/aromatic N) is 3. The molecule has 0 saturated carbocycles. The number of allylic oxidation sites excluding steroid dienone is 1. The molecule has 0 saturated heterocycles. The van der Waals surface area contributed by atoms with Crippen LogP contribution in [0.4, 0.5) is 27.5 Å². The van der Waals surface area contributed by atoms with Crippen LogP contribution >= 0.6 is 0 Å². The van der Waals surface area contributed by atoms with E-state index in [-0.39, 0.29) is 23.4 Å². The molecule has 0 atom stereocenters. The monoisotopic (exact) mass is 488 g/mol. The molecule has 1 heterocycles. The lowest BCUT2D eigenvalue weighted by Crippen LogP contribution is -2.17. The van der Waals surface area contributed by atoms with Crippen LogP contribution < -0.4 is 27.0 Å². The van der Waals surface area contributed by atoms with Crippen LogP contribution in [0, 0.1) is 5.82 Å². The second-order valence-corrected chi connectivity index (χ2v) is 7.26. The summed E-state index contributed by atoms with van der Waals surface area (Å²) in [4.78, 5) is 36.3. The Bertz CT molecular complexity index is 1340. The van der Waals surface area contributed by atoms with E-state index in [2.05, 4.69) is 42.8 Å². The van der Waals surface area contributed by atoms with Crippen molar-refractivity contribution >= 4 is 41.2 Å². The van der Waals surface area contributed by atoms with Crippen molar-refractivity contribution < 1.29 is 14.0 Å². The molecule has 0 bridgehead atoms. The van der Waals surface area contributed by atoms with Crippen LogP contribution in [0.1, 0.15) is 10.4 Å². The Kier molecular flexibility index (Phi) is 8.44. The molecule has 2 aromatic carbocycles. The molecular weight excluding hydrogens is 463 g/mol. The zero-order valence-electron chi connectivity index (χ0n) is 19.7. The number of halogens is 1. The Morgan fingerprint density at radius 1 is 1.14 bits per heavy atom. The van der Waals surface area contributed by atoms with Gasteiger partial charge in [0, 0.05) is 49.5 Å². The first-order valence-corrected chi connectivity index (χ1v) is 10.7. The highest BCUT2D eigenvalue weighted by Gasteiger charge is 2.14. The topological polar surface area (TPSA) is 146 Å². The number of nitrogens with two attached hydrogens (primary N) is 1. The molecule has 3 rings (SSSR count). The van der Waals surface area contributed by atoms with Gasteiger partial charge in [-0.25, -0.2) is 9.37 Å². The van der Waals surface area contributed by atoms with Gasteiger partial charge in [-0.05, 0) is 42.0 Å². The Morgan fingerprint density at radius 3 is 2.53 bits per heavy atom. The normalized spacial score (nSPS) is 11.1. The van der Waals surface area contributed by atoms with Gasteiger partial charge in [-0.15, -0.1) is 0 Å². The highest BCUT2D eigenvalue weighted by molar-refractivity contribution is 5.99. The number of hydrogen-bond acceptors (Lipinski definition) is 8. The Morgan fingerprint density at radius 2 is 1.89 bits per heavy atom. The molecule has 0 aliphatic heterocycles. The fraction of sp³-hybridized carbons (Fsp3) is 0.0800. The van der Waals surface area contributed by atoms with E-state index in [1.54, 1.807) is 44.6 Å². The summed E-state index contributed by atoms with van der Waals surface area (Å²) < 4.78 is 14.7. The van der Waals surface area contributed by atoms with E-state index in [0.717, 1.165) is 6.08 Å². The van der Waals surface area contributed by atoms with E-state index < -0.39 is 11.7 Å². The molecule has 11 heteroatoms. The van der Waals surface area contributed by atoms with E-state index >= 15 is 0 Å². The summed E-state index contributed by atoms with van der Waals surface area (Å²) in [5.74, 6) is -0.791. The average Bonchev–Trinajstić information content (AvgIpc) is 2.90. The summed E-state index contributed by atoms with van der Waals surface area (Å²) in [7, 11) is 3.14. The minimum atomic E-state index is -0.568. The lowest BCUT2D eigenvalue weighted by atomic mass is 10.1. The van der Waals surface area contributed by atoms with Crippen molar-refractivity contribution in [2.24, 2.45) is 10.7 Å². The largest absolute Gasteiger partial charge is 0.403 e. The maximum atomic E-state index is 14.7. The molecule has 3 aromatic rings. The van der Waals surface area contributed by atoms with Crippen molar-refractivity contribution in [1.82, 2.24) is 15.3 Å². The van der Waals surface area contributed by atoms with Crippen molar-refractivity contribution in [1.29, 1.82) is 0 Å². The summed E-state index contributed by atoms with van der Waals surface area (Å²) in [6, 6.07) is 10.8. The van der Waals surface area contributed by atoms with E-state index in [1.165, 1.54) is 30.6 Å². The Balaban J connectivity index is 2.05. The molecule has 0 unspecified atom stereocenters. The number of carbonyl (C=O) groups is 2. The third kappa shape index (κ3) is 6.29. The third-order valence-electron chi connectivity index (χ3n) is 4.85. The van der Waals surface area contributed by atoms with Crippen LogP contribution in [0.5, 0.6) is 0 Å². The first kappa shape index (κ1) is 25.6. The van der Waals surface area contributed by atoms with Gasteiger partial charge in [0.15, 0.2) is 0 Å². The van der Waals surface area contributed by atoms with Crippen molar-refractivity contribution in [3.8, 4) is 11.1 Å². The molecule has 0 spiro atoms. The van der Waals surface area contributed by atoms with E-state index in [1.807, 2.05) is 0 Å². The highest BCUT2D eigenvalue weighted by Crippen LogP contribution is 2.31. The lowest BCUT2D eigenvalue weighted by Gasteiger charge is -2.15. The van der Waals surface area contributed by atoms with Gasteiger partial charge in [0.2, 0.25) is 11.9 Å². The summed E-state index contributed by atoms with van der Waals surface area (Å²) in [5, 5.41) is 11.1.